The highest BCUT2D eigenvalue weighted by Crippen LogP contribution is 2.14. The van der Waals surface area contributed by atoms with Crippen LogP contribution in [0, 0.1) is 5.92 Å². The van der Waals surface area contributed by atoms with E-state index in [0.717, 1.165) is 0 Å². The summed E-state index contributed by atoms with van der Waals surface area (Å²) in [5.41, 5.74) is 0. The Hall–Kier alpha value is -1.12. The average molecular weight is 154 g/mol. The topological polar surface area (TPSA) is 54.4 Å². The van der Waals surface area contributed by atoms with E-state index in [4.69, 9.17) is 5.11 Å². The molecule has 1 rings (SSSR count). The number of carboxylic acid groups (broad SMARTS) is 1. The van der Waals surface area contributed by atoms with E-state index in [2.05, 4.69) is 0 Å². The van der Waals surface area contributed by atoms with Crippen molar-refractivity contribution in [3.8, 4) is 0 Å². The van der Waals surface area contributed by atoms with Crippen LogP contribution >= 0.6 is 0 Å². The van der Waals surface area contributed by atoms with Crippen LogP contribution in [-0.2, 0) is 9.59 Å². The third-order valence-corrected chi connectivity index (χ3v) is 1.78. The van der Waals surface area contributed by atoms with Crippen molar-refractivity contribution in [3.63, 3.8) is 0 Å². The summed E-state index contributed by atoms with van der Waals surface area (Å²) >= 11 is 0. The Bertz CT molecular complexity index is 205. The smallest absolute Gasteiger partial charge is 0.314 e. The molecule has 1 aliphatic rings. The SMILES string of the molecule is O=C(O)C1CC=CCCC1=O. The van der Waals surface area contributed by atoms with Gasteiger partial charge in [0.05, 0.1) is 0 Å². The summed E-state index contributed by atoms with van der Waals surface area (Å²) < 4.78 is 0. The molecule has 3 nitrogen and oxygen atoms in total. The second-order valence-electron chi connectivity index (χ2n) is 2.60. The summed E-state index contributed by atoms with van der Waals surface area (Å²) in [6, 6.07) is 0. The lowest BCUT2D eigenvalue weighted by atomic mass is 10.00. The largest absolute Gasteiger partial charge is 0.481 e. The Morgan fingerprint density at radius 1 is 1.55 bits per heavy atom. The summed E-state index contributed by atoms with van der Waals surface area (Å²) in [7, 11) is 0. The predicted molar refractivity (Wildman–Crippen MR) is 39.1 cm³/mol. The van der Waals surface area contributed by atoms with Crippen LogP contribution in [0.15, 0.2) is 12.2 Å². The molecule has 0 bridgehead atoms. The summed E-state index contributed by atoms with van der Waals surface area (Å²) in [5, 5.41) is 8.58. The van der Waals surface area contributed by atoms with Gasteiger partial charge in [-0.1, -0.05) is 12.2 Å². The van der Waals surface area contributed by atoms with Crippen molar-refractivity contribution < 1.29 is 14.7 Å². The van der Waals surface area contributed by atoms with E-state index in [1.165, 1.54) is 0 Å². The van der Waals surface area contributed by atoms with Crippen LogP contribution in [0.25, 0.3) is 0 Å². The van der Waals surface area contributed by atoms with Crippen molar-refractivity contribution in [3.05, 3.63) is 12.2 Å². The lowest BCUT2D eigenvalue weighted by Gasteiger charge is -2.04. The maximum Gasteiger partial charge on any atom is 0.314 e. The molecule has 0 aromatic carbocycles. The van der Waals surface area contributed by atoms with Crippen LogP contribution in [0.5, 0.6) is 0 Å². The Morgan fingerprint density at radius 3 is 2.91 bits per heavy atom. The van der Waals surface area contributed by atoms with Gasteiger partial charge >= 0.3 is 5.97 Å². The van der Waals surface area contributed by atoms with Gasteiger partial charge in [-0.2, -0.15) is 0 Å². The van der Waals surface area contributed by atoms with Crippen LogP contribution in [0.1, 0.15) is 19.3 Å². The number of hydrogen-bond acceptors (Lipinski definition) is 2. The molecule has 1 atom stereocenters. The molecule has 1 aliphatic carbocycles. The Morgan fingerprint density at radius 2 is 2.27 bits per heavy atom. The van der Waals surface area contributed by atoms with Gasteiger partial charge in [0, 0.05) is 6.42 Å². The van der Waals surface area contributed by atoms with Gasteiger partial charge in [-0.3, -0.25) is 9.59 Å². The van der Waals surface area contributed by atoms with Gasteiger partial charge < -0.3 is 5.11 Å². The van der Waals surface area contributed by atoms with Crippen LogP contribution in [0.3, 0.4) is 0 Å². The monoisotopic (exact) mass is 154 g/mol. The van der Waals surface area contributed by atoms with E-state index in [1.807, 2.05) is 6.08 Å². The summed E-state index contributed by atoms with van der Waals surface area (Å²) in [6.45, 7) is 0. The molecule has 1 unspecified atom stereocenters. The number of allylic oxidation sites excluding steroid dienone is 2. The molecular weight excluding hydrogens is 144 g/mol. The highest BCUT2D eigenvalue weighted by atomic mass is 16.4. The van der Waals surface area contributed by atoms with Gasteiger partial charge in [0.1, 0.15) is 11.7 Å². The van der Waals surface area contributed by atoms with Crippen molar-refractivity contribution in [2.75, 3.05) is 0 Å². The van der Waals surface area contributed by atoms with E-state index in [9.17, 15) is 9.59 Å². The average Bonchev–Trinajstić information content (AvgIpc) is 2.13. The molecule has 3 heteroatoms. The van der Waals surface area contributed by atoms with Crippen LogP contribution in [0.2, 0.25) is 0 Å². The Balaban J connectivity index is 2.68. The van der Waals surface area contributed by atoms with Gasteiger partial charge in [-0.05, 0) is 12.8 Å². The lowest BCUT2D eigenvalue weighted by molar-refractivity contribution is -0.146. The summed E-state index contributed by atoms with van der Waals surface area (Å²) in [5.74, 6) is -1.95. The first-order chi connectivity index (χ1) is 5.22. The van der Waals surface area contributed by atoms with E-state index in [1.54, 1.807) is 6.08 Å². The van der Waals surface area contributed by atoms with Crippen LogP contribution in [0.4, 0.5) is 0 Å². The fourth-order valence-corrected chi connectivity index (χ4v) is 1.12. The molecule has 60 valence electrons. The molecule has 0 aliphatic heterocycles. The van der Waals surface area contributed by atoms with Gasteiger partial charge in [0.25, 0.3) is 0 Å². The first kappa shape index (κ1) is 7.98. The van der Waals surface area contributed by atoms with Crippen LogP contribution in [-0.4, -0.2) is 16.9 Å². The second-order valence-corrected chi connectivity index (χ2v) is 2.60. The van der Waals surface area contributed by atoms with Crippen molar-refractivity contribution in [2.24, 2.45) is 5.92 Å². The zero-order valence-electron chi connectivity index (χ0n) is 6.12. The van der Waals surface area contributed by atoms with E-state index in [0.29, 0.717) is 19.3 Å². The second kappa shape index (κ2) is 3.32. The summed E-state index contributed by atoms with van der Waals surface area (Å²) in [4.78, 5) is 21.5. The maximum atomic E-state index is 11.0. The van der Waals surface area contributed by atoms with E-state index >= 15 is 0 Å². The predicted octanol–water partition coefficient (Wildman–Crippen LogP) is 0.996. The van der Waals surface area contributed by atoms with E-state index in [-0.39, 0.29) is 5.78 Å². The van der Waals surface area contributed by atoms with Gasteiger partial charge in [0.15, 0.2) is 0 Å². The third kappa shape index (κ3) is 1.90. The fraction of sp³-hybridized carbons (Fsp3) is 0.500. The standard InChI is InChI=1S/C8H10O3/c9-7-5-3-1-2-4-6(7)8(10)11/h1-2,6H,3-5H2,(H,10,11). The quantitative estimate of drug-likeness (QED) is 0.452. The zero-order chi connectivity index (χ0) is 8.27. The molecule has 0 fully saturated rings. The number of aliphatic carboxylic acids is 1. The number of carbonyl (C=O) groups is 2. The number of carboxylic acids is 1. The van der Waals surface area contributed by atoms with Gasteiger partial charge in [-0.15, -0.1) is 0 Å². The van der Waals surface area contributed by atoms with Crippen molar-refractivity contribution >= 4 is 11.8 Å². The molecule has 1 N–H and O–H groups in total. The molecule has 0 aromatic rings. The molecular formula is C8H10O3. The number of Topliss-reactive ketones (excluding diaryl/α,β-unsaturated/α-hetero) is 1. The first-order valence-corrected chi connectivity index (χ1v) is 3.62. The Kier molecular flexibility index (Phi) is 2.41. The van der Waals surface area contributed by atoms with Gasteiger partial charge in [-0.25, -0.2) is 0 Å². The van der Waals surface area contributed by atoms with Crippen molar-refractivity contribution in [2.45, 2.75) is 19.3 Å². The molecule has 11 heavy (non-hydrogen) atoms. The van der Waals surface area contributed by atoms with Crippen molar-refractivity contribution in [1.29, 1.82) is 0 Å². The maximum absolute atomic E-state index is 11.0. The molecule has 0 amide bonds. The highest BCUT2D eigenvalue weighted by molar-refractivity contribution is 5.98. The molecule has 0 aromatic heterocycles. The third-order valence-electron chi connectivity index (χ3n) is 1.78. The molecule has 0 heterocycles. The molecule has 0 radical (unpaired) electrons. The normalized spacial score (nSPS) is 24.7. The minimum absolute atomic E-state index is 0.150. The minimum atomic E-state index is -0.999. The fourth-order valence-electron chi connectivity index (χ4n) is 1.12. The first-order valence-electron chi connectivity index (χ1n) is 3.62. The highest BCUT2D eigenvalue weighted by Gasteiger charge is 2.24. The zero-order valence-corrected chi connectivity index (χ0v) is 6.12. The lowest BCUT2D eigenvalue weighted by Crippen LogP contribution is -2.21. The minimum Gasteiger partial charge on any atom is -0.481 e. The molecule has 0 saturated heterocycles. The number of hydrogen-bond donors (Lipinski definition) is 1. The summed E-state index contributed by atoms with van der Waals surface area (Å²) in [6.07, 6.45) is 5.04. The molecule has 0 saturated carbocycles. The van der Waals surface area contributed by atoms with Gasteiger partial charge in [0.2, 0.25) is 0 Å². The number of rotatable bonds is 1. The van der Waals surface area contributed by atoms with E-state index < -0.39 is 11.9 Å². The van der Waals surface area contributed by atoms with Crippen LogP contribution < -0.4 is 0 Å². The number of ketones is 1. The van der Waals surface area contributed by atoms with Crippen molar-refractivity contribution in [1.82, 2.24) is 0 Å². The Labute approximate surface area is 64.7 Å². The molecule has 0 spiro atoms. The number of carbonyl (C=O) groups excluding carboxylic acids is 1.